The molecule has 0 saturated heterocycles. The summed E-state index contributed by atoms with van der Waals surface area (Å²) in [6.07, 6.45) is 7.50. The molecule has 0 atom stereocenters. The summed E-state index contributed by atoms with van der Waals surface area (Å²) in [6.45, 7) is 0. The van der Waals surface area contributed by atoms with Crippen molar-refractivity contribution in [1.82, 2.24) is 19.5 Å². The summed E-state index contributed by atoms with van der Waals surface area (Å²) in [5.74, 6) is 0.850. The van der Waals surface area contributed by atoms with Crippen LogP contribution in [0.25, 0.3) is 27.8 Å². The van der Waals surface area contributed by atoms with Gasteiger partial charge in [0.05, 0.1) is 11.7 Å². The number of aromatic nitrogens is 4. The zero-order valence-corrected chi connectivity index (χ0v) is 13.0. The van der Waals surface area contributed by atoms with Gasteiger partial charge in [-0.1, -0.05) is 6.07 Å². The minimum absolute atomic E-state index is 0.253. The number of hydrogen-bond donors (Lipinski definition) is 2. The lowest BCUT2D eigenvalue weighted by atomic mass is 10.1. The van der Waals surface area contributed by atoms with Crippen LogP contribution in [-0.4, -0.2) is 30.7 Å². The maximum Gasteiger partial charge on any atom is 0.410 e. The minimum Gasteiger partial charge on any atom is -0.465 e. The van der Waals surface area contributed by atoms with E-state index in [1.807, 2.05) is 41.1 Å². The van der Waals surface area contributed by atoms with E-state index in [1.165, 1.54) is 0 Å². The van der Waals surface area contributed by atoms with E-state index in [-0.39, 0.29) is 5.82 Å². The Morgan fingerprint density at radius 3 is 2.72 bits per heavy atom. The van der Waals surface area contributed by atoms with Gasteiger partial charge in [-0.25, -0.2) is 9.78 Å². The van der Waals surface area contributed by atoms with E-state index < -0.39 is 6.09 Å². The molecular weight excluding hydrogens is 318 g/mol. The Morgan fingerprint density at radius 2 is 1.92 bits per heavy atom. The van der Waals surface area contributed by atoms with Gasteiger partial charge in [0.2, 0.25) is 0 Å². The molecule has 122 valence electrons. The van der Waals surface area contributed by atoms with Crippen LogP contribution in [-0.2, 0) is 0 Å². The van der Waals surface area contributed by atoms with Crippen molar-refractivity contribution in [1.29, 1.82) is 0 Å². The van der Waals surface area contributed by atoms with Gasteiger partial charge in [-0.2, -0.15) is 0 Å². The average Bonchev–Trinajstić information content (AvgIpc) is 3.06. The van der Waals surface area contributed by atoms with E-state index >= 15 is 0 Å². The summed E-state index contributed by atoms with van der Waals surface area (Å²) in [4.78, 5) is 23.9. The summed E-state index contributed by atoms with van der Waals surface area (Å²) in [6, 6.07) is 11.2. The normalized spacial score (nSPS) is 10.7. The molecule has 0 radical (unpaired) electrons. The standard InChI is InChI=1S/C18H13N5O2/c24-18(25)22-17-14(13-2-1-7-19-10-13)3-4-16(21-17)23-9-6-12-5-8-20-11-15(12)23/h1-11H,(H,21,22)(H,24,25). The molecule has 2 N–H and O–H groups in total. The number of hydrogen-bond acceptors (Lipinski definition) is 4. The second kappa shape index (κ2) is 6.04. The highest BCUT2D eigenvalue weighted by atomic mass is 16.4. The molecule has 25 heavy (non-hydrogen) atoms. The van der Waals surface area contributed by atoms with Crippen molar-refractivity contribution in [2.45, 2.75) is 0 Å². The zero-order chi connectivity index (χ0) is 17.2. The van der Waals surface area contributed by atoms with Gasteiger partial charge in [0.15, 0.2) is 0 Å². The van der Waals surface area contributed by atoms with Crippen molar-refractivity contribution in [2.75, 3.05) is 5.32 Å². The van der Waals surface area contributed by atoms with Crippen LogP contribution in [0.3, 0.4) is 0 Å². The highest BCUT2D eigenvalue weighted by Gasteiger charge is 2.13. The first-order chi connectivity index (χ1) is 12.2. The van der Waals surface area contributed by atoms with Gasteiger partial charge in [-0.15, -0.1) is 0 Å². The molecule has 4 aromatic heterocycles. The number of amides is 1. The predicted octanol–water partition coefficient (Wildman–Crippen LogP) is 3.57. The molecular formula is C18H13N5O2. The Morgan fingerprint density at radius 1 is 1.04 bits per heavy atom. The highest BCUT2D eigenvalue weighted by Crippen LogP contribution is 2.28. The first-order valence-electron chi connectivity index (χ1n) is 7.55. The Balaban J connectivity index is 1.87. The first-order valence-corrected chi connectivity index (χ1v) is 7.55. The van der Waals surface area contributed by atoms with Crippen LogP contribution in [0.2, 0.25) is 0 Å². The maximum absolute atomic E-state index is 11.2. The molecule has 0 aliphatic rings. The SMILES string of the molecule is O=C(O)Nc1nc(-n2ccc3ccncc32)ccc1-c1cccnc1. The van der Waals surface area contributed by atoms with E-state index in [9.17, 15) is 4.79 Å². The summed E-state index contributed by atoms with van der Waals surface area (Å²) < 4.78 is 1.86. The van der Waals surface area contributed by atoms with Gasteiger partial charge in [0.25, 0.3) is 0 Å². The quantitative estimate of drug-likeness (QED) is 0.598. The molecule has 4 heterocycles. The number of pyridine rings is 3. The molecule has 0 fully saturated rings. The van der Waals surface area contributed by atoms with Crippen LogP contribution in [0.1, 0.15) is 0 Å². The number of nitrogens with one attached hydrogen (secondary N) is 1. The molecule has 7 nitrogen and oxygen atoms in total. The van der Waals surface area contributed by atoms with E-state index in [0.29, 0.717) is 11.4 Å². The molecule has 0 bridgehead atoms. The highest BCUT2D eigenvalue weighted by molar-refractivity contribution is 5.89. The minimum atomic E-state index is -1.17. The van der Waals surface area contributed by atoms with Crippen molar-refractivity contribution in [2.24, 2.45) is 0 Å². The van der Waals surface area contributed by atoms with Crippen LogP contribution >= 0.6 is 0 Å². The second-order valence-corrected chi connectivity index (χ2v) is 5.36. The smallest absolute Gasteiger partial charge is 0.410 e. The third kappa shape index (κ3) is 2.78. The molecule has 4 aromatic rings. The van der Waals surface area contributed by atoms with E-state index in [0.717, 1.165) is 16.5 Å². The van der Waals surface area contributed by atoms with E-state index in [2.05, 4.69) is 20.3 Å². The fourth-order valence-corrected chi connectivity index (χ4v) is 2.71. The van der Waals surface area contributed by atoms with Gasteiger partial charge in [0, 0.05) is 41.3 Å². The maximum atomic E-state index is 11.2. The number of anilines is 1. The zero-order valence-electron chi connectivity index (χ0n) is 13.0. The molecule has 4 rings (SSSR count). The lowest BCUT2D eigenvalue weighted by Gasteiger charge is -2.11. The van der Waals surface area contributed by atoms with Crippen LogP contribution in [0.4, 0.5) is 10.6 Å². The third-order valence-electron chi connectivity index (χ3n) is 3.82. The molecule has 0 unspecified atom stereocenters. The van der Waals surface area contributed by atoms with Crippen LogP contribution in [0.15, 0.2) is 67.4 Å². The van der Waals surface area contributed by atoms with Crippen LogP contribution in [0.5, 0.6) is 0 Å². The van der Waals surface area contributed by atoms with Gasteiger partial charge in [-0.05, 0) is 30.3 Å². The molecule has 0 aromatic carbocycles. The summed E-state index contributed by atoms with van der Waals surface area (Å²) in [5.41, 5.74) is 2.34. The Kier molecular flexibility index (Phi) is 3.59. The van der Waals surface area contributed by atoms with Crippen molar-refractivity contribution < 1.29 is 9.90 Å². The lowest BCUT2D eigenvalue weighted by molar-refractivity contribution is 0.209. The number of rotatable bonds is 3. The molecule has 1 amide bonds. The largest absolute Gasteiger partial charge is 0.465 e. The average molecular weight is 331 g/mol. The van der Waals surface area contributed by atoms with Crippen molar-refractivity contribution in [3.8, 4) is 16.9 Å². The fourth-order valence-electron chi connectivity index (χ4n) is 2.71. The number of carbonyl (C=O) groups is 1. The molecule has 0 spiro atoms. The van der Waals surface area contributed by atoms with E-state index in [4.69, 9.17) is 5.11 Å². The van der Waals surface area contributed by atoms with E-state index in [1.54, 1.807) is 30.9 Å². The summed E-state index contributed by atoms with van der Waals surface area (Å²) >= 11 is 0. The molecule has 0 aliphatic carbocycles. The first kappa shape index (κ1) is 14.8. The molecule has 0 aliphatic heterocycles. The predicted molar refractivity (Wildman–Crippen MR) is 93.7 cm³/mol. The Bertz CT molecular complexity index is 1060. The summed E-state index contributed by atoms with van der Waals surface area (Å²) in [5, 5.41) is 12.5. The lowest BCUT2D eigenvalue weighted by Crippen LogP contribution is -2.11. The number of fused-ring (bicyclic) bond motifs is 1. The Labute approximate surface area is 142 Å². The van der Waals surface area contributed by atoms with Gasteiger partial charge < -0.3 is 5.11 Å². The number of carboxylic acid groups (broad SMARTS) is 1. The molecule has 7 heteroatoms. The van der Waals surface area contributed by atoms with Crippen molar-refractivity contribution in [3.05, 3.63) is 67.4 Å². The topological polar surface area (TPSA) is 92.9 Å². The number of nitrogens with zero attached hydrogens (tertiary/aromatic N) is 4. The monoisotopic (exact) mass is 331 g/mol. The van der Waals surface area contributed by atoms with Crippen molar-refractivity contribution >= 4 is 22.8 Å². The third-order valence-corrected chi connectivity index (χ3v) is 3.82. The van der Waals surface area contributed by atoms with Gasteiger partial charge >= 0.3 is 6.09 Å². The second-order valence-electron chi connectivity index (χ2n) is 5.36. The van der Waals surface area contributed by atoms with Gasteiger partial charge in [-0.3, -0.25) is 19.9 Å². The molecule has 0 saturated carbocycles. The summed E-state index contributed by atoms with van der Waals surface area (Å²) in [7, 11) is 0. The van der Waals surface area contributed by atoms with Crippen molar-refractivity contribution in [3.63, 3.8) is 0 Å². The van der Waals surface area contributed by atoms with Gasteiger partial charge in [0.1, 0.15) is 11.6 Å². The van der Waals surface area contributed by atoms with Crippen LogP contribution < -0.4 is 5.32 Å². The van der Waals surface area contributed by atoms with Crippen LogP contribution in [0, 0.1) is 0 Å². The fraction of sp³-hybridized carbons (Fsp3) is 0. The Hall–Kier alpha value is -3.74.